The van der Waals surface area contributed by atoms with Crippen LogP contribution in [0.15, 0.2) is 0 Å². The van der Waals surface area contributed by atoms with Gasteiger partial charge in [0.25, 0.3) is 0 Å². The molecule has 0 radical (unpaired) electrons. The van der Waals surface area contributed by atoms with Gasteiger partial charge >= 0.3 is 5.97 Å². The average molecular weight is 219 g/mol. The van der Waals surface area contributed by atoms with Gasteiger partial charge in [-0.05, 0) is 31.5 Å². The van der Waals surface area contributed by atoms with E-state index in [1.807, 2.05) is 11.8 Å². The van der Waals surface area contributed by atoms with Crippen LogP contribution in [0.25, 0.3) is 0 Å². The van der Waals surface area contributed by atoms with Gasteiger partial charge in [-0.3, -0.25) is 4.79 Å². The van der Waals surface area contributed by atoms with Crippen molar-refractivity contribution in [1.82, 2.24) is 4.90 Å². The van der Waals surface area contributed by atoms with Crippen molar-refractivity contribution in [2.45, 2.75) is 20.3 Å². The second-order valence-electron chi connectivity index (χ2n) is 3.48. The van der Waals surface area contributed by atoms with Crippen LogP contribution in [0.3, 0.4) is 0 Å². The number of rotatable bonds is 8. The molecule has 0 fully saturated rings. The summed E-state index contributed by atoms with van der Waals surface area (Å²) in [5.74, 6) is 0.190. The Balaban J connectivity index is 3.72. The first kappa shape index (κ1) is 13.8. The molecule has 0 aliphatic carbocycles. The van der Waals surface area contributed by atoms with E-state index in [1.54, 1.807) is 6.92 Å². The van der Waals surface area contributed by atoms with E-state index in [9.17, 15) is 4.79 Å². The third kappa shape index (κ3) is 6.27. The topological polar surface area (TPSA) is 40.5 Å². The smallest absolute Gasteiger partial charge is 0.307 e. The molecule has 14 heavy (non-hydrogen) atoms. The van der Waals surface area contributed by atoms with E-state index < -0.39 is 5.97 Å². The van der Waals surface area contributed by atoms with Crippen molar-refractivity contribution in [2.24, 2.45) is 5.92 Å². The first-order valence-electron chi connectivity index (χ1n) is 5.05. The van der Waals surface area contributed by atoms with Crippen LogP contribution < -0.4 is 0 Å². The highest BCUT2D eigenvalue weighted by Crippen LogP contribution is 2.03. The van der Waals surface area contributed by atoms with Crippen LogP contribution in [-0.4, -0.2) is 47.6 Å². The van der Waals surface area contributed by atoms with Gasteiger partial charge in [0.05, 0.1) is 5.92 Å². The fourth-order valence-corrected chi connectivity index (χ4v) is 1.69. The molecule has 1 N–H and O–H groups in total. The van der Waals surface area contributed by atoms with Gasteiger partial charge in [0.2, 0.25) is 0 Å². The monoisotopic (exact) mass is 219 g/mol. The lowest BCUT2D eigenvalue weighted by atomic mass is 10.1. The number of hydrogen-bond acceptors (Lipinski definition) is 3. The lowest BCUT2D eigenvalue weighted by Crippen LogP contribution is -2.32. The minimum Gasteiger partial charge on any atom is -0.481 e. The zero-order valence-electron chi connectivity index (χ0n) is 9.32. The summed E-state index contributed by atoms with van der Waals surface area (Å²) in [4.78, 5) is 12.9. The Labute approximate surface area is 90.9 Å². The molecule has 1 atom stereocenters. The standard InChI is InChI=1S/C10H21NO2S/c1-4-11(6-5-7-14-3)8-9(2)10(12)13/h9H,4-8H2,1-3H3,(H,12,13). The highest BCUT2D eigenvalue weighted by atomic mass is 32.2. The molecule has 0 aliphatic rings. The van der Waals surface area contributed by atoms with Crippen LogP contribution >= 0.6 is 11.8 Å². The number of aliphatic carboxylic acids is 1. The molecule has 0 aromatic carbocycles. The van der Waals surface area contributed by atoms with E-state index in [4.69, 9.17) is 5.11 Å². The lowest BCUT2D eigenvalue weighted by Gasteiger charge is -2.22. The summed E-state index contributed by atoms with van der Waals surface area (Å²) in [6, 6.07) is 0. The lowest BCUT2D eigenvalue weighted by molar-refractivity contribution is -0.141. The Morgan fingerprint density at radius 3 is 2.64 bits per heavy atom. The third-order valence-corrected chi connectivity index (χ3v) is 2.92. The van der Waals surface area contributed by atoms with Crippen molar-refractivity contribution in [3.63, 3.8) is 0 Å². The second-order valence-corrected chi connectivity index (χ2v) is 4.46. The molecule has 0 aliphatic heterocycles. The molecule has 0 saturated carbocycles. The first-order chi connectivity index (χ1) is 6.61. The van der Waals surface area contributed by atoms with Crippen LogP contribution in [0.1, 0.15) is 20.3 Å². The van der Waals surface area contributed by atoms with Crippen molar-refractivity contribution in [3.8, 4) is 0 Å². The summed E-state index contributed by atoms with van der Waals surface area (Å²) in [6.07, 6.45) is 3.23. The maximum Gasteiger partial charge on any atom is 0.307 e. The van der Waals surface area contributed by atoms with Crippen molar-refractivity contribution >= 4 is 17.7 Å². The molecule has 84 valence electrons. The molecular formula is C10H21NO2S. The van der Waals surface area contributed by atoms with E-state index in [2.05, 4.69) is 18.1 Å². The SMILES string of the molecule is CCN(CCCSC)CC(C)C(=O)O. The highest BCUT2D eigenvalue weighted by molar-refractivity contribution is 7.98. The van der Waals surface area contributed by atoms with Gasteiger partial charge in [-0.15, -0.1) is 0 Å². The Morgan fingerprint density at radius 2 is 2.21 bits per heavy atom. The summed E-state index contributed by atoms with van der Waals surface area (Å²) in [5.41, 5.74) is 0. The summed E-state index contributed by atoms with van der Waals surface area (Å²) in [7, 11) is 0. The number of carbonyl (C=O) groups is 1. The van der Waals surface area contributed by atoms with Gasteiger partial charge in [-0.25, -0.2) is 0 Å². The number of nitrogens with zero attached hydrogens (tertiary/aromatic N) is 1. The fourth-order valence-electron chi connectivity index (χ4n) is 1.28. The first-order valence-corrected chi connectivity index (χ1v) is 6.45. The highest BCUT2D eigenvalue weighted by Gasteiger charge is 2.14. The number of hydrogen-bond donors (Lipinski definition) is 1. The normalized spacial score (nSPS) is 13.1. The molecule has 0 aromatic heterocycles. The maximum absolute atomic E-state index is 10.6. The molecule has 0 spiro atoms. The van der Waals surface area contributed by atoms with E-state index in [0.29, 0.717) is 6.54 Å². The molecular weight excluding hydrogens is 198 g/mol. The predicted molar refractivity (Wildman–Crippen MR) is 61.9 cm³/mol. The average Bonchev–Trinajstić information content (AvgIpc) is 2.16. The van der Waals surface area contributed by atoms with Gasteiger partial charge in [0.15, 0.2) is 0 Å². The molecule has 0 bridgehead atoms. The fraction of sp³-hybridized carbons (Fsp3) is 0.900. The molecule has 0 aromatic rings. The van der Waals surface area contributed by atoms with Gasteiger partial charge in [0.1, 0.15) is 0 Å². The molecule has 3 nitrogen and oxygen atoms in total. The van der Waals surface area contributed by atoms with Crippen LogP contribution in [0, 0.1) is 5.92 Å². The van der Waals surface area contributed by atoms with Crippen molar-refractivity contribution in [2.75, 3.05) is 31.6 Å². The Morgan fingerprint density at radius 1 is 1.57 bits per heavy atom. The van der Waals surface area contributed by atoms with E-state index in [-0.39, 0.29) is 5.92 Å². The molecule has 0 heterocycles. The molecule has 0 saturated heterocycles. The Kier molecular flexibility index (Phi) is 7.99. The number of carboxylic acid groups (broad SMARTS) is 1. The van der Waals surface area contributed by atoms with Crippen molar-refractivity contribution < 1.29 is 9.90 Å². The van der Waals surface area contributed by atoms with Crippen molar-refractivity contribution in [3.05, 3.63) is 0 Å². The third-order valence-electron chi connectivity index (χ3n) is 2.22. The Hall–Kier alpha value is -0.220. The number of carboxylic acids is 1. The zero-order valence-corrected chi connectivity index (χ0v) is 10.1. The largest absolute Gasteiger partial charge is 0.481 e. The van der Waals surface area contributed by atoms with Crippen molar-refractivity contribution in [1.29, 1.82) is 0 Å². The number of thioether (sulfide) groups is 1. The van der Waals surface area contributed by atoms with Crippen LogP contribution in [0.4, 0.5) is 0 Å². The van der Waals surface area contributed by atoms with E-state index in [1.165, 1.54) is 0 Å². The molecule has 1 unspecified atom stereocenters. The maximum atomic E-state index is 10.6. The minimum atomic E-state index is -0.701. The van der Waals surface area contributed by atoms with Crippen LogP contribution in [0.5, 0.6) is 0 Å². The van der Waals surface area contributed by atoms with Crippen LogP contribution in [0.2, 0.25) is 0 Å². The van der Waals surface area contributed by atoms with E-state index >= 15 is 0 Å². The Bertz CT molecular complexity index is 164. The van der Waals surface area contributed by atoms with Gasteiger partial charge in [0, 0.05) is 6.54 Å². The van der Waals surface area contributed by atoms with Crippen LogP contribution in [-0.2, 0) is 4.79 Å². The summed E-state index contributed by atoms with van der Waals surface area (Å²) < 4.78 is 0. The van der Waals surface area contributed by atoms with Gasteiger partial charge in [-0.2, -0.15) is 11.8 Å². The molecule has 4 heteroatoms. The predicted octanol–water partition coefficient (Wildman–Crippen LogP) is 1.78. The second kappa shape index (κ2) is 8.12. The van der Waals surface area contributed by atoms with Gasteiger partial charge < -0.3 is 10.0 Å². The summed E-state index contributed by atoms with van der Waals surface area (Å²) >= 11 is 1.84. The quantitative estimate of drug-likeness (QED) is 0.632. The molecule has 0 rings (SSSR count). The minimum absolute atomic E-state index is 0.260. The van der Waals surface area contributed by atoms with Gasteiger partial charge in [-0.1, -0.05) is 13.8 Å². The summed E-state index contributed by atoms with van der Waals surface area (Å²) in [5, 5.41) is 8.77. The van der Waals surface area contributed by atoms with E-state index in [0.717, 1.165) is 25.3 Å². The zero-order chi connectivity index (χ0) is 11.0. The summed E-state index contributed by atoms with van der Waals surface area (Å²) in [6.45, 7) is 6.45. The molecule has 0 amide bonds.